The van der Waals surface area contributed by atoms with E-state index in [0.29, 0.717) is 10.2 Å². The Bertz CT molecular complexity index is 677. The molecule has 0 radical (unpaired) electrons. The van der Waals surface area contributed by atoms with Crippen LogP contribution in [0.4, 0.5) is 10.1 Å². The molecule has 0 atom stereocenters. The Morgan fingerprint density at radius 1 is 1.10 bits per heavy atom. The van der Waals surface area contributed by atoms with Crippen molar-refractivity contribution in [3.05, 3.63) is 51.7 Å². The summed E-state index contributed by atoms with van der Waals surface area (Å²) in [7, 11) is 0. The average molecular weight is 352 g/mol. The summed E-state index contributed by atoms with van der Waals surface area (Å²) in [5.41, 5.74) is 8.31. The molecule has 2 rings (SSSR count). The minimum atomic E-state index is -0.403. The van der Waals surface area contributed by atoms with Gasteiger partial charge in [-0.1, -0.05) is 38.5 Å². The number of ether oxygens (including phenoxy) is 1. The lowest BCUT2D eigenvalue weighted by Gasteiger charge is -2.23. The zero-order valence-corrected chi connectivity index (χ0v) is 14.2. The molecule has 0 aromatic heterocycles. The van der Waals surface area contributed by atoms with Crippen molar-refractivity contribution in [2.75, 3.05) is 5.73 Å². The molecule has 0 aliphatic carbocycles. The number of aryl methyl sites for hydroxylation is 1. The summed E-state index contributed by atoms with van der Waals surface area (Å²) in [5, 5.41) is 0. The van der Waals surface area contributed by atoms with E-state index in [2.05, 4.69) is 42.8 Å². The molecule has 2 nitrogen and oxygen atoms in total. The molecule has 0 spiro atoms. The zero-order chi connectivity index (χ0) is 15.8. The van der Waals surface area contributed by atoms with Crippen LogP contribution in [0.25, 0.3) is 0 Å². The van der Waals surface area contributed by atoms with Crippen LogP contribution in [0, 0.1) is 12.7 Å². The van der Waals surface area contributed by atoms with Crippen molar-refractivity contribution >= 4 is 21.6 Å². The van der Waals surface area contributed by atoms with E-state index in [4.69, 9.17) is 10.5 Å². The number of rotatable bonds is 2. The summed E-state index contributed by atoms with van der Waals surface area (Å²) in [5.74, 6) is 0.774. The van der Waals surface area contributed by atoms with Gasteiger partial charge in [-0.3, -0.25) is 0 Å². The van der Waals surface area contributed by atoms with Gasteiger partial charge in [-0.05, 0) is 34.3 Å². The summed E-state index contributed by atoms with van der Waals surface area (Å²) >= 11 is 3.15. The van der Waals surface area contributed by atoms with Gasteiger partial charge in [0.1, 0.15) is 11.6 Å². The Morgan fingerprint density at radius 2 is 1.76 bits per heavy atom. The molecule has 0 fully saturated rings. The van der Waals surface area contributed by atoms with Crippen LogP contribution in [0.15, 0.2) is 34.8 Å². The molecule has 112 valence electrons. The lowest BCUT2D eigenvalue weighted by Crippen LogP contribution is -2.13. The van der Waals surface area contributed by atoms with Gasteiger partial charge < -0.3 is 10.5 Å². The van der Waals surface area contributed by atoms with Crippen LogP contribution in [0.2, 0.25) is 0 Å². The second-order valence-corrected chi connectivity index (χ2v) is 7.01. The van der Waals surface area contributed by atoms with E-state index >= 15 is 0 Å². The van der Waals surface area contributed by atoms with E-state index in [9.17, 15) is 4.39 Å². The van der Waals surface area contributed by atoms with Crippen LogP contribution in [-0.2, 0) is 5.41 Å². The van der Waals surface area contributed by atoms with E-state index in [1.54, 1.807) is 6.07 Å². The van der Waals surface area contributed by atoms with Gasteiger partial charge >= 0.3 is 0 Å². The molecule has 2 aromatic rings. The maximum Gasteiger partial charge on any atom is 0.151 e. The van der Waals surface area contributed by atoms with Crippen molar-refractivity contribution in [3.8, 4) is 11.5 Å². The van der Waals surface area contributed by atoms with E-state index in [-0.39, 0.29) is 11.1 Å². The Balaban J connectivity index is 2.47. The number of benzene rings is 2. The number of hydrogen-bond donors (Lipinski definition) is 1. The highest BCUT2D eigenvalue weighted by Crippen LogP contribution is 2.38. The molecular formula is C17H19BrFNO. The number of halogens is 2. The molecule has 0 amide bonds. The number of anilines is 1. The summed E-state index contributed by atoms with van der Waals surface area (Å²) < 4.78 is 19.7. The molecule has 21 heavy (non-hydrogen) atoms. The fraction of sp³-hybridized carbons (Fsp3) is 0.294. The fourth-order valence-corrected chi connectivity index (χ4v) is 2.39. The molecule has 2 aromatic carbocycles. The zero-order valence-electron chi connectivity index (χ0n) is 12.6. The van der Waals surface area contributed by atoms with Crippen LogP contribution in [0.3, 0.4) is 0 Å². The first-order valence-electron chi connectivity index (χ1n) is 6.72. The summed E-state index contributed by atoms with van der Waals surface area (Å²) in [6, 6.07) is 8.82. The normalized spacial score (nSPS) is 11.5. The Hall–Kier alpha value is -1.55. The van der Waals surface area contributed by atoms with Gasteiger partial charge in [0, 0.05) is 17.7 Å². The highest BCUT2D eigenvalue weighted by atomic mass is 79.9. The molecule has 0 bridgehead atoms. The molecule has 4 heteroatoms. The molecule has 0 aliphatic rings. The van der Waals surface area contributed by atoms with Gasteiger partial charge in [0.2, 0.25) is 0 Å². The second-order valence-electron chi connectivity index (χ2n) is 6.16. The van der Waals surface area contributed by atoms with Gasteiger partial charge in [-0.15, -0.1) is 0 Å². The minimum absolute atomic E-state index is 0.0621. The van der Waals surface area contributed by atoms with E-state index in [1.807, 2.05) is 19.1 Å². The summed E-state index contributed by atoms with van der Waals surface area (Å²) in [6.07, 6.45) is 0. The van der Waals surface area contributed by atoms with Crippen molar-refractivity contribution < 1.29 is 9.13 Å². The fourth-order valence-electron chi connectivity index (χ4n) is 2.07. The highest BCUT2D eigenvalue weighted by molar-refractivity contribution is 9.10. The predicted octanol–water partition coefficient (Wildman–Crippen LogP) is 5.57. The third kappa shape index (κ3) is 3.56. The molecule has 0 saturated heterocycles. The number of nitrogen functional groups attached to an aromatic ring is 1. The van der Waals surface area contributed by atoms with Gasteiger partial charge in [0.25, 0.3) is 0 Å². The van der Waals surface area contributed by atoms with Crippen molar-refractivity contribution in [2.24, 2.45) is 0 Å². The number of hydrogen-bond acceptors (Lipinski definition) is 2. The van der Waals surface area contributed by atoms with Gasteiger partial charge in [-0.2, -0.15) is 0 Å². The molecule has 2 N–H and O–H groups in total. The Kier molecular flexibility index (Phi) is 4.28. The van der Waals surface area contributed by atoms with Crippen molar-refractivity contribution in [2.45, 2.75) is 33.1 Å². The first-order chi connectivity index (χ1) is 9.68. The van der Waals surface area contributed by atoms with Gasteiger partial charge in [0.05, 0.1) is 10.2 Å². The third-order valence-electron chi connectivity index (χ3n) is 3.22. The smallest absolute Gasteiger partial charge is 0.151 e. The second kappa shape index (κ2) is 5.68. The molecular weight excluding hydrogens is 333 g/mol. The highest BCUT2D eigenvalue weighted by Gasteiger charge is 2.20. The van der Waals surface area contributed by atoms with E-state index in [0.717, 1.165) is 11.3 Å². The first kappa shape index (κ1) is 15.8. The van der Waals surface area contributed by atoms with Gasteiger partial charge in [0.15, 0.2) is 5.75 Å². The van der Waals surface area contributed by atoms with Crippen LogP contribution in [0.1, 0.15) is 31.9 Å². The SMILES string of the molecule is Cc1ccc(Oc2cc(Br)c(F)cc2N)c(C(C)(C)C)c1. The number of nitrogens with two attached hydrogens (primary N) is 1. The van der Waals surface area contributed by atoms with E-state index < -0.39 is 5.82 Å². The molecule has 0 unspecified atom stereocenters. The first-order valence-corrected chi connectivity index (χ1v) is 7.51. The molecule has 0 aliphatic heterocycles. The largest absolute Gasteiger partial charge is 0.455 e. The maximum absolute atomic E-state index is 13.4. The molecule has 0 saturated carbocycles. The Morgan fingerprint density at radius 3 is 2.38 bits per heavy atom. The average Bonchev–Trinajstić information content (AvgIpc) is 2.36. The van der Waals surface area contributed by atoms with Crippen molar-refractivity contribution in [1.29, 1.82) is 0 Å². The third-order valence-corrected chi connectivity index (χ3v) is 3.82. The lowest BCUT2D eigenvalue weighted by molar-refractivity contribution is 0.455. The monoisotopic (exact) mass is 351 g/mol. The molecule has 0 heterocycles. The van der Waals surface area contributed by atoms with Crippen molar-refractivity contribution in [3.63, 3.8) is 0 Å². The lowest BCUT2D eigenvalue weighted by atomic mass is 9.85. The topological polar surface area (TPSA) is 35.2 Å². The quantitative estimate of drug-likeness (QED) is 0.718. The van der Waals surface area contributed by atoms with Crippen LogP contribution >= 0.6 is 15.9 Å². The maximum atomic E-state index is 13.4. The van der Waals surface area contributed by atoms with Crippen LogP contribution in [0.5, 0.6) is 11.5 Å². The minimum Gasteiger partial charge on any atom is -0.455 e. The van der Waals surface area contributed by atoms with Gasteiger partial charge in [-0.25, -0.2) is 4.39 Å². The van der Waals surface area contributed by atoms with Crippen LogP contribution in [-0.4, -0.2) is 0 Å². The van der Waals surface area contributed by atoms with E-state index in [1.165, 1.54) is 11.6 Å². The Labute approximate surface area is 133 Å². The van der Waals surface area contributed by atoms with Crippen molar-refractivity contribution in [1.82, 2.24) is 0 Å². The summed E-state index contributed by atoms with van der Waals surface area (Å²) in [4.78, 5) is 0. The standard InChI is InChI=1S/C17H19BrFNO/c1-10-5-6-15(11(7-10)17(2,3)4)21-16-8-12(18)13(19)9-14(16)20/h5-9H,20H2,1-4H3. The summed E-state index contributed by atoms with van der Waals surface area (Å²) in [6.45, 7) is 8.41. The predicted molar refractivity (Wildman–Crippen MR) is 88.5 cm³/mol. The van der Waals surface area contributed by atoms with Crippen LogP contribution < -0.4 is 10.5 Å².